The maximum absolute atomic E-state index is 2.56. The minimum Gasteiger partial charge on any atom is -1.00 e. The summed E-state index contributed by atoms with van der Waals surface area (Å²) in [6.07, 6.45) is 0. The van der Waals surface area contributed by atoms with Crippen molar-refractivity contribution in [3.8, 4) is 22.3 Å². The van der Waals surface area contributed by atoms with Gasteiger partial charge in [-0.3, -0.25) is 0 Å². The van der Waals surface area contributed by atoms with E-state index < -0.39 is 8.07 Å². The van der Waals surface area contributed by atoms with E-state index in [4.69, 9.17) is 0 Å². The van der Waals surface area contributed by atoms with Crippen LogP contribution in [0.4, 0.5) is 0 Å². The third kappa shape index (κ3) is 4.93. The molecule has 0 aliphatic carbocycles. The molecule has 6 rings (SSSR count). The molecule has 0 aromatic heterocycles. The van der Waals surface area contributed by atoms with Crippen LogP contribution in [0.2, 0.25) is 13.1 Å². The van der Waals surface area contributed by atoms with E-state index in [1.165, 1.54) is 54.9 Å². The van der Waals surface area contributed by atoms with Crippen molar-refractivity contribution in [3.63, 3.8) is 0 Å². The SMILES string of the molecule is Cc1[cH-]c2cccc(-c3ccccc3)c2c1[Si](C)(C)c1c(C)[cH-]c2cccc(-c3ccccc3)c12.[Cl-].[Cl-].[Hf+4]. The number of hydrogen-bond donors (Lipinski definition) is 0. The van der Waals surface area contributed by atoms with Crippen molar-refractivity contribution in [2.24, 2.45) is 0 Å². The van der Waals surface area contributed by atoms with E-state index >= 15 is 0 Å². The standard InChI is InChI=1S/C34H30Si.2ClH.Hf/c1-23-21-27-17-11-19-29(25-13-7-5-8-14-25)31(27)33(23)35(3,4)34-24(2)22-28-18-12-20-30(32(28)34)26-15-9-6-10-16-26;;;/h5-22H,1-4H3;2*1H;/q-2;;;+4/p-2. The summed E-state index contributed by atoms with van der Waals surface area (Å²) in [7, 11) is -2.10. The molecule has 188 valence electrons. The van der Waals surface area contributed by atoms with Crippen LogP contribution in [0.5, 0.6) is 0 Å². The Labute approximate surface area is 258 Å². The van der Waals surface area contributed by atoms with Crippen molar-refractivity contribution in [3.05, 3.63) is 120 Å². The second-order valence-corrected chi connectivity index (χ2v) is 14.6. The molecule has 0 atom stereocenters. The quantitative estimate of drug-likeness (QED) is 0.194. The third-order valence-electron chi connectivity index (χ3n) is 7.65. The zero-order chi connectivity index (χ0) is 24.2. The Hall–Kier alpha value is -2.23. The maximum Gasteiger partial charge on any atom is 4.00 e. The average Bonchev–Trinajstić information content (AvgIpc) is 3.41. The first-order valence-corrected chi connectivity index (χ1v) is 15.5. The molecule has 0 radical (unpaired) electrons. The monoisotopic (exact) mass is 716 g/mol. The molecule has 0 aliphatic rings. The smallest absolute Gasteiger partial charge is 1.00 e. The first kappa shape index (κ1) is 30.3. The van der Waals surface area contributed by atoms with Crippen molar-refractivity contribution in [1.82, 2.24) is 0 Å². The molecule has 0 nitrogen and oxygen atoms in total. The van der Waals surface area contributed by atoms with E-state index in [0.29, 0.717) is 0 Å². The summed E-state index contributed by atoms with van der Waals surface area (Å²) >= 11 is 0. The second kappa shape index (κ2) is 11.9. The Bertz CT molecular complexity index is 1550. The van der Waals surface area contributed by atoms with Gasteiger partial charge in [-0.1, -0.05) is 111 Å². The van der Waals surface area contributed by atoms with Crippen molar-refractivity contribution >= 4 is 40.0 Å². The predicted molar refractivity (Wildman–Crippen MR) is 156 cm³/mol. The van der Waals surface area contributed by atoms with Crippen molar-refractivity contribution in [1.29, 1.82) is 0 Å². The molecule has 0 N–H and O–H groups in total. The fourth-order valence-corrected chi connectivity index (χ4v) is 10.6. The summed E-state index contributed by atoms with van der Waals surface area (Å²) in [5, 5.41) is 8.75. The van der Waals surface area contributed by atoms with Gasteiger partial charge in [0.05, 0.1) is 0 Å². The first-order chi connectivity index (χ1) is 17.0. The normalized spacial score (nSPS) is 11.1. The molecule has 0 saturated carbocycles. The number of benzene rings is 4. The number of fused-ring (bicyclic) bond motifs is 2. The third-order valence-corrected chi connectivity index (χ3v) is 11.4. The van der Waals surface area contributed by atoms with E-state index in [1.807, 2.05) is 0 Å². The minimum atomic E-state index is -2.10. The molecule has 0 saturated heterocycles. The molecule has 0 bridgehead atoms. The number of hydrogen-bond acceptors (Lipinski definition) is 0. The van der Waals surface area contributed by atoms with Gasteiger partial charge in [0.2, 0.25) is 0 Å². The molecule has 0 unspecified atom stereocenters. The molecule has 6 aromatic carbocycles. The second-order valence-electron chi connectivity index (χ2n) is 10.3. The number of rotatable bonds is 4. The van der Waals surface area contributed by atoms with Gasteiger partial charge in [-0.25, -0.2) is 0 Å². The summed E-state index contributed by atoms with van der Waals surface area (Å²) in [5.74, 6) is 0. The summed E-state index contributed by atoms with van der Waals surface area (Å²) < 4.78 is 0. The van der Waals surface area contributed by atoms with Gasteiger partial charge >= 0.3 is 25.8 Å². The topological polar surface area (TPSA) is 0 Å². The fraction of sp³-hybridized carbons (Fsp3) is 0.118. The molecular formula is C34H30Cl2HfSi. The summed E-state index contributed by atoms with van der Waals surface area (Å²) in [4.78, 5) is 0. The molecule has 0 spiro atoms. The number of aryl methyl sites for hydroxylation is 2. The van der Waals surface area contributed by atoms with Gasteiger partial charge in [0.25, 0.3) is 0 Å². The van der Waals surface area contributed by atoms with Crippen LogP contribution in [0.25, 0.3) is 43.8 Å². The molecule has 0 amide bonds. The zero-order valence-corrected chi connectivity index (χ0v) is 28.3. The summed E-state index contributed by atoms with van der Waals surface area (Å²) in [6, 6.07) is 40.2. The van der Waals surface area contributed by atoms with E-state index in [9.17, 15) is 0 Å². The van der Waals surface area contributed by atoms with Crippen LogP contribution in [0, 0.1) is 13.8 Å². The van der Waals surface area contributed by atoms with Crippen LogP contribution in [-0.4, -0.2) is 8.07 Å². The van der Waals surface area contributed by atoms with Crippen molar-refractivity contribution < 1.29 is 50.7 Å². The van der Waals surface area contributed by atoms with Gasteiger partial charge in [0.1, 0.15) is 0 Å². The molecule has 0 aliphatic heterocycles. The van der Waals surface area contributed by atoms with Crippen LogP contribution in [0.15, 0.2) is 109 Å². The molecule has 4 heteroatoms. The summed E-state index contributed by atoms with van der Waals surface area (Å²) in [6.45, 7) is 9.75. The van der Waals surface area contributed by atoms with Gasteiger partial charge in [0, 0.05) is 8.07 Å². The average molecular weight is 716 g/mol. The van der Waals surface area contributed by atoms with E-state index in [-0.39, 0.29) is 50.7 Å². The van der Waals surface area contributed by atoms with Crippen molar-refractivity contribution in [2.75, 3.05) is 0 Å². The van der Waals surface area contributed by atoms with Gasteiger partial charge in [-0.2, -0.15) is 10.4 Å². The van der Waals surface area contributed by atoms with Crippen molar-refractivity contribution in [2.45, 2.75) is 26.9 Å². The largest absolute Gasteiger partial charge is 4.00 e. The van der Waals surface area contributed by atoms with Crippen LogP contribution in [0.3, 0.4) is 0 Å². The first-order valence-electron chi connectivity index (χ1n) is 12.5. The number of halogens is 2. The molecule has 0 heterocycles. The molecule has 6 aromatic rings. The Kier molecular flexibility index (Phi) is 9.48. The van der Waals surface area contributed by atoms with E-state index in [0.717, 1.165) is 0 Å². The maximum atomic E-state index is 2.56. The van der Waals surface area contributed by atoms with Gasteiger partial charge in [-0.05, 0) is 11.1 Å². The van der Waals surface area contributed by atoms with Gasteiger partial charge < -0.3 is 24.8 Å². The van der Waals surface area contributed by atoms with Crippen LogP contribution < -0.4 is 35.2 Å². The van der Waals surface area contributed by atoms with Gasteiger partial charge in [-0.15, -0.1) is 69.1 Å². The zero-order valence-electron chi connectivity index (χ0n) is 22.1. The Balaban J connectivity index is 0.00000133. The molecule has 0 fully saturated rings. The molecule has 38 heavy (non-hydrogen) atoms. The predicted octanol–water partition coefficient (Wildman–Crippen LogP) is 2.21. The Morgan fingerprint density at radius 1 is 0.500 bits per heavy atom. The van der Waals surface area contributed by atoms with Crippen LogP contribution in [-0.2, 0) is 25.8 Å². The van der Waals surface area contributed by atoms with Crippen LogP contribution >= 0.6 is 0 Å². The molecular weight excluding hydrogens is 686 g/mol. The summed E-state index contributed by atoms with van der Waals surface area (Å²) in [5.41, 5.74) is 8.14. The van der Waals surface area contributed by atoms with E-state index in [2.05, 4.69) is 136 Å². The van der Waals surface area contributed by atoms with E-state index in [1.54, 1.807) is 10.4 Å². The minimum absolute atomic E-state index is 0. The van der Waals surface area contributed by atoms with Crippen LogP contribution in [0.1, 0.15) is 11.1 Å². The van der Waals surface area contributed by atoms with Gasteiger partial charge in [0.15, 0.2) is 0 Å². The Morgan fingerprint density at radius 3 is 1.24 bits per heavy atom. The Morgan fingerprint density at radius 2 is 0.868 bits per heavy atom. The fourth-order valence-electron chi connectivity index (χ4n) is 6.40.